The first-order valence-corrected chi connectivity index (χ1v) is 9.26. The van der Waals surface area contributed by atoms with Gasteiger partial charge in [0.25, 0.3) is 0 Å². The van der Waals surface area contributed by atoms with Crippen LogP contribution in [0.2, 0.25) is 0 Å². The molecule has 5 nitrogen and oxygen atoms in total. The molecule has 2 atom stereocenters. The molecule has 2 aliphatic heterocycles. The number of β-amino-alcohol motifs (C(OH)–C–C–N with tert-alkyl or cyclic N) is 1. The van der Waals surface area contributed by atoms with Crippen molar-refractivity contribution in [3.63, 3.8) is 0 Å². The van der Waals surface area contributed by atoms with E-state index >= 15 is 0 Å². The Hall–Kier alpha value is -0.650. The monoisotopic (exact) mass is 326 g/mol. The summed E-state index contributed by atoms with van der Waals surface area (Å²) in [7, 11) is 0. The zero-order chi connectivity index (χ0) is 17.0. The van der Waals surface area contributed by atoms with E-state index in [1.165, 1.54) is 0 Å². The van der Waals surface area contributed by atoms with Gasteiger partial charge in [0, 0.05) is 25.6 Å². The molecule has 2 fully saturated rings. The molecule has 0 aromatic carbocycles. The van der Waals surface area contributed by atoms with Crippen LogP contribution in [-0.4, -0.2) is 71.3 Å². The molecule has 2 heterocycles. The second-order valence-electron chi connectivity index (χ2n) is 7.48. The molecule has 0 radical (unpaired) electrons. The Bertz CT molecular complexity index is 380. The molecule has 0 aliphatic carbocycles. The van der Waals surface area contributed by atoms with Crippen LogP contribution >= 0.6 is 0 Å². The van der Waals surface area contributed by atoms with Gasteiger partial charge in [-0.1, -0.05) is 13.8 Å². The number of amides is 1. The average molecular weight is 326 g/mol. The third kappa shape index (κ3) is 4.91. The molecule has 1 amide bonds. The van der Waals surface area contributed by atoms with Gasteiger partial charge >= 0.3 is 0 Å². The number of aliphatic hydroxyl groups is 1. The van der Waals surface area contributed by atoms with Gasteiger partial charge in [-0.15, -0.1) is 0 Å². The maximum absolute atomic E-state index is 12.8. The number of nitrogens with zero attached hydrogens (tertiary/aromatic N) is 2. The SMILES string of the molecule is CCC(O)(CC)CN1CCC(C(=O)N2CC(C)OC(C)C2)CC1. The third-order valence-corrected chi connectivity index (χ3v) is 5.50. The molecule has 2 unspecified atom stereocenters. The molecule has 0 saturated carbocycles. The molecule has 2 saturated heterocycles. The van der Waals surface area contributed by atoms with Crippen molar-refractivity contribution in [3.05, 3.63) is 0 Å². The summed E-state index contributed by atoms with van der Waals surface area (Å²) in [5.74, 6) is 0.438. The fraction of sp³-hybridized carbons (Fsp3) is 0.944. The van der Waals surface area contributed by atoms with Crippen molar-refractivity contribution in [3.8, 4) is 0 Å². The summed E-state index contributed by atoms with van der Waals surface area (Å²) in [5, 5.41) is 10.5. The van der Waals surface area contributed by atoms with E-state index in [0.717, 1.165) is 58.4 Å². The third-order valence-electron chi connectivity index (χ3n) is 5.50. The highest BCUT2D eigenvalue weighted by atomic mass is 16.5. The summed E-state index contributed by atoms with van der Waals surface area (Å²) in [6, 6.07) is 0. The lowest BCUT2D eigenvalue weighted by atomic mass is 9.91. The zero-order valence-corrected chi connectivity index (χ0v) is 15.3. The minimum atomic E-state index is -0.577. The maximum Gasteiger partial charge on any atom is 0.225 e. The standard InChI is InChI=1S/C18H34N2O3/c1-5-18(22,6-2)13-19-9-7-16(8-10-19)17(21)20-11-14(3)23-15(4)12-20/h14-16,22H,5-13H2,1-4H3. The summed E-state index contributed by atoms with van der Waals surface area (Å²) in [6.07, 6.45) is 3.64. The molecule has 0 bridgehead atoms. The van der Waals surface area contributed by atoms with E-state index in [4.69, 9.17) is 4.74 Å². The first kappa shape index (κ1) is 18.7. The number of morpholine rings is 1. The van der Waals surface area contributed by atoms with E-state index in [1.54, 1.807) is 0 Å². The summed E-state index contributed by atoms with van der Waals surface area (Å²) in [6.45, 7) is 12.1. The lowest BCUT2D eigenvalue weighted by molar-refractivity contribution is -0.149. The van der Waals surface area contributed by atoms with Gasteiger partial charge in [-0.05, 0) is 52.6 Å². The second kappa shape index (κ2) is 7.95. The smallest absolute Gasteiger partial charge is 0.225 e. The van der Waals surface area contributed by atoms with Gasteiger partial charge < -0.3 is 19.6 Å². The van der Waals surface area contributed by atoms with Gasteiger partial charge in [-0.2, -0.15) is 0 Å². The van der Waals surface area contributed by atoms with Crippen LogP contribution in [0.3, 0.4) is 0 Å². The molecule has 23 heavy (non-hydrogen) atoms. The van der Waals surface area contributed by atoms with Crippen molar-refractivity contribution in [2.45, 2.75) is 71.2 Å². The van der Waals surface area contributed by atoms with Gasteiger partial charge in [-0.25, -0.2) is 0 Å². The Morgan fingerprint density at radius 1 is 1.13 bits per heavy atom. The highest BCUT2D eigenvalue weighted by molar-refractivity contribution is 5.79. The number of hydrogen-bond donors (Lipinski definition) is 1. The molecular weight excluding hydrogens is 292 g/mol. The molecule has 5 heteroatoms. The van der Waals surface area contributed by atoms with E-state index < -0.39 is 5.60 Å². The number of ether oxygens (including phenoxy) is 1. The van der Waals surface area contributed by atoms with Crippen LogP contribution in [0.1, 0.15) is 53.4 Å². The number of hydrogen-bond acceptors (Lipinski definition) is 4. The number of rotatable bonds is 5. The van der Waals surface area contributed by atoms with Gasteiger partial charge in [0.1, 0.15) is 0 Å². The molecule has 0 aromatic rings. The van der Waals surface area contributed by atoms with Crippen LogP contribution in [-0.2, 0) is 9.53 Å². The van der Waals surface area contributed by atoms with Gasteiger partial charge in [0.05, 0.1) is 17.8 Å². The van der Waals surface area contributed by atoms with Crippen LogP contribution in [0.4, 0.5) is 0 Å². The molecule has 0 aromatic heterocycles. The molecule has 2 aliphatic rings. The second-order valence-corrected chi connectivity index (χ2v) is 7.48. The van der Waals surface area contributed by atoms with Crippen molar-refractivity contribution in [2.75, 3.05) is 32.7 Å². The van der Waals surface area contributed by atoms with Crippen LogP contribution < -0.4 is 0 Å². The number of piperidine rings is 1. The summed E-state index contributed by atoms with van der Waals surface area (Å²) in [4.78, 5) is 17.1. The molecule has 0 spiro atoms. The largest absolute Gasteiger partial charge is 0.389 e. The fourth-order valence-corrected chi connectivity index (χ4v) is 3.84. The topological polar surface area (TPSA) is 53.0 Å². The summed E-state index contributed by atoms with van der Waals surface area (Å²) < 4.78 is 5.72. The van der Waals surface area contributed by atoms with Crippen LogP contribution in [0.15, 0.2) is 0 Å². The highest BCUT2D eigenvalue weighted by Crippen LogP contribution is 2.25. The normalized spacial score (nSPS) is 28.1. The van der Waals surface area contributed by atoms with Crippen LogP contribution in [0, 0.1) is 5.92 Å². The Kier molecular flexibility index (Phi) is 6.46. The van der Waals surface area contributed by atoms with Crippen molar-refractivity contribution < 1.29 is 14.6 Å². The summed E-state index contributed by atoms with van der Waals surface area (Å²) >= 11 is 0. The van der Waals surface area contributed by atoms with Crippen LogP contribution in [0.25, 0.3) is 0 Å². The van der Waals surface area contributed by atoms with Crippen molar-refractivity contribution in [1.29, 1.82) is 0 Å². The van der Waals surface area contributed by atoms with Gasteiger partial charge in [0.15, 0.2) is 0 Å². The molecule has 1 N–H and O–H groups in total. The number of carbonyl (C=O) groups is 1. The predicted molar refractivity (Wildman–Crippen MR) is 91.3 cm³/mol. The van der Waals surface area contributed by atoms with E-state index in [-0.39, 0.29) is 18.1 Å². The van der Waals surface area contributed by atoms with E-state index in [0.29, 0.717) is 5.91 Å². The minimum Gasteiger partial charge on any atom is -0.389 e. The lowest BCUT2D eigenvalue weighted by Crippen LogP contribution is -2.52. The molecule has 134 valence electrons. The minimum absolute atomic E-state index is 0.131. The van der Waals surface area contributed by atoms with Crippen molar-refractivity contribution >= 4 is 5.91 Å². The quantitative estimate of drug-likeness (QED) is 0.838. The van der Waals surface area contributed by atoms with E-state index in [9.17, 15) is 9.90 Å². The average Bonchev–Trinajstić information content (AvgIpc) is 2.54. The van der Waals surface area contributed by atoms with Crippen LogP contribution in [0.5, 0.6) is 0 Å². The molecule has 2 rings (SSSR count). The first-order chi connectivity index (χ1) is 10.9. The van der Waals surface area contributed by atoms with Gasteiger partial charge in [-0.3, -0.25) is 4.79 Å². The van der Waals surface area contributed by atoms with Gasteiger partial charge in [0.2, 0.25) is 5.91 Å². The van der Waals surface area contributed by atoms with E-state index in [2.05, 4.69) is 4.90 Å². The highest BCUT2D eigenvalue weighted by Gasteiger charge is 2.34. The number of carbonyl (C=O) groups excluding carboxylic acids is 1. The predicted octanol–water partition coefficient (Wildman–Crippen LogP) is 1.89. The number of likely N-dealkylation sites (tertiary alicyclic amines) is 1. The Morgan fingerprint density at radius 3 is 2.13 bits per heavy atom. The van der Waals surface area contributed by atoms with E-state index in [1.807, 2.05) is 32.6 Å². The Balaban J connectivity index is 1.83. The first-order valence-electron chi connectivity index (χ1n) is 9.26. The fourth-order valence-electron chi connectivity index (χ4n) is 3.84. The van der Waals surface area contributed by atoms with Crippen molar-refractivity contribution in [1.82, 2.24) is 9.80 Å². The van der Waals surface area contributed by atoms with Crippen molar-refractivity contribution in [2.24, 2.45) is 5.92 Å². The Labute approximate surface area is 141 Å². The lowest BCUT2D eigenvalue weighted by Gasteiger charge is -2.40. The molecular formula is C18H34N2O3. The zero-order valence-electron chi connectivity index (χ0n) is 15.3. The maximum atomic E-state index is 12.8. The summed E-state index contributed by atoms with van der Waals surface area (Å²) in [5.41, 5.74) is -0.577. The Morgan fingerprint density at radius 2 is 1.65 bits per heavy atom.